The summed E-state index contributed by atoms with van der Waals surface area (Å²) in [7, 11) is 0. The van der Waals surface area contributed by atoms with Gasteiger partial charge < -0.3 is 10.1 Å². The lowest BCUT2D eigenvalue weighted by Crippen LogP contribution is -1.96. The highest BCUT2D eigenvalue weighted by atomic mass is 35.5. The van der Waals surface area contributed by atoms with Gasteiger partial charge in [0.15, 0.2) is 5.82 Å². The van der Waals surface area contributed by atoms with Crippen LogP contribution in [0.2, 0.25) is 10.2 Å². The standard InChI is InChI=1S/C15H8Cl2FN3O2/c16-10-5-7(15(22)23)1-3-9(10)12-13(17)21-14(20-12)11-4-2-8(18)6-19-11/h1-6H,(H,20,21)(H,22,23). The van der Waals surface area contributed by atoms with E-state index in [9.17, 15) is 9.18 Å². The lowest BCUT2D eigenvalue weighted by atomic mass is 10.1. The van der Waals surface area contributed by atoms with E-state index in [-0.39, 0.29) is 15.7 Å². The molecule has 0 aliphatic heterocycles. The number of benzene rings is 1. The molecule has 0 atom stereocenters. The molecule has 0 saturated carbocycles. The van der Waals surface area contributed by atoms with Gasteiger partial charge in [-0.15, -0.1) is 0 Å². The van der Waals surface area contributed by atoms with Gasteiger partial charge in [0.25, 0.3) is 0 Å². The minimum Gasteiger partial charge on any atom is -0.478 e. The van der Waals surface area contributed by atoms with Gasteiger partial charge in [-0.05, 0) is 24.3 Å². The molecule has 1 aromatic carbocycles. The average molecular weight is 352 g/mol. The lowest BCUT2D eigenvalue weighted by Gasteiger charge is -2.03. The first-order chi connectivity index (χ1) is 11.0. The van der Waals surface area contributed by atoms with Crippen molar-refractivity contribution in [2.45, 2.75) is 0 Å². The molecule has 0 radical (unpaired) electrons. The number of halogens is 3. The molecule has 8 heteroatoms. The number of carboxylic acids is 1. The summed E-state index contributed by atoms with van der Waals surface area (Å²) in [5, 5.41) is 9.38. The van der Waals surface area contributed by atoms with Crippen LogP contribution in [-0.2, 0) is 0 Å². The zero-order valence-electron chi connectivity index (χ0n) is 11.3. The third-order valence-corrected chi connectivity index (χ3v) is 3.69. The Balaban J connectivity index is 2.04. The quantitative estimate of drug-likeness (QED) is 0.737. The van der Waals surface area contributed by atoms with E-state index in [2.05, 4.69) is 15.0 Å². The van der Waals surface area contributed by atoms with Gasteiger partial charge in [0.05, 0.1) is 16.8 Å². The van der Waals surface area contributed by atoms with E-state index < -0.39 is 11.8 Å². The van der Waals surface area contributed by atoms with Crippen LogP contribution in [0.5, 0.6) is 0 Å². The first-order valence-corrected chi connectivity index (χ1v) is 7.12. The summed E-state index contributed by atoms with van der Waals surface area (Å²) in [4.78, 5) is 22.0. The molecule has 2 N–H and O–H groups in total. The van der Waals surface area contributed by atoms with Gasteiger partial charge in [0.2, 0.25) is 0 Å². The van der Waals surface area contributed by atoms with Crippen LogP contribution in [0.1, 0.15) is 10.4 Å². The van der Waals surface area contributed by atoms with E-state index in [1.807, 2.05) is 0 Å². The summed E-state index contributed by atoms with van der Waals surface area (Å²) in [6.07, 6.45) is 1.07. The van der Waals surface area contributed by atoms with Gasteiger partial charge in [0, 0.05) is 5.56 Å². The fraction of sp³-hybridized carbons (Fsp3) is 0. The molecule has 0 saturated heterocycles. The normalized spacial score (nSPS) is 10.7. The van der Waals surface area contributed by atoms with Crippen molar-refractivity contribution in [2.75, 3.05) is 0 Å². The minimum absolute atomic E-state index is 0.0610. The molecule has 2 aromatic heterocycles. The number of aromatic carboxylic acids is 1. The summed E-state index contributed by atoms with van der Waals surface area (Å²) >= 11 is 12.3. The van der Waals surface area contributed by atoms with Gasteiger partial charge in [0.1, 0.15) is 22.4 Å². The second kappa shape index (κ2) is 5.98. The molecule has 5 nitrogen and oxygen atoms in total. The number of hydrogen-bond donors (Lipinski definition) is 2. The number of carbonyl (C=O) groups is 1. The average Bonchev–Trinajstić information content (AvgIpc) is 2.89. The first-order valence-electron chi connectivity index (χ1n) is 6.36. The monoisotopic (exact) mass is 351 g/mol. The molecule has 2 heterocycles. The number of carboxylic acid groups (broad SMARTS) is 1. The third-order valence-electron chi connectivity index (χ3n) is 3.10. The summed E-state index contributed by atoms with van der Waals surface area (Å²) in [5.74, 6) is -1.19. The van der Waals surface area contributed by atoms with Crippen molar-refractivity contribution in [3.63, 3.8) is 0 Å². The number of H-pyrrole nitrogens is 1. The second-order valence-electron chi connectivity index (χ2n) is 4.61. The topological polar surface area (TPSA) is 78.9 Å². The maximum atomic E-state index is 12.9. The Morgan fingerprint density at radius 1 is 1.22 bits per heavy atom. The Hall–Kier alpha value is -2.44. The smallest absolute Gasteiger partial charge is 0.335 e. The number of imidazole rings is 1. The van der Waals surface area contributed by atoms with Gasteiger partial charge in [-0.25, -0.2) is 19.2 Å². The highest BCUT2D eigenvalue weighted by molar-refractivity contribution is 6.36. The van der Waals surface area contributed by atoms with Crippen molar-refractivity contribution >= 4 is 29.2 Å². The van der Waals surface area contributed by atoms with Crippen molar-refractivity contribution in [3.8, 4) is 22.8 Å². The van der Waals surface area contributed by atoms with Gasteiger partial charge in [-0.2, -0.15) is 0 Å². The molecule has 0 bridgehead atoms. The molecular formula is C15H8Cl2FN3O2. The van der Waals surface area contributed by atoms with E-state index in [0.717, 1.165) is 6.20 Å². The molecule has 3 rings (SSSR count). The molecule has 0 fully saturated rings. The maximum absolute atomic E-state index is 12.9. The summed E-state index contributed by atoms with van der Waals surface area (Å²) in [5.41, 5.74) is 1.31. The van der Waals surface area contributed by atoms with E-state index >= 15 is 0 Å². The number of hydrogen-bond acceptors (Lipinski definition) is 3. The van der Waals surface area contributed by atoms with Gasteiger partial charge in [-0.1, -0.05) is 29.3 Å². The Kier molecular flexibility index (Phi) is 4.02. The predicted octanol–water partition coefficient (Wildman–Crippen LogP) is 4.28. The summed E-state index contributed by atoms with van der Waals surface area (Å²) < 4.78 is 12.9. The number of aromatic amines is 1. The zero-order chi connectivity index (χ0) is 16.6. The molecule has 116 valence electrons. The van der Waals surface area contributed by atoms with Crippen LogP contribution in [-0.4, -0.2) is 26.0 Å². The van der Waals surface area contributed by atoms with Crippen LogP contribution in [0.15, 0.2) is 36.5 Å². The molecular weight excluding hydrogens is 344 g/mol. The fourth-order valence-corrected chi connectivity index (χ4v) is 2.51. The van der Waals surface area contributed by atoms with Crippen molar-refractivity contribution in [3.05, 3.63) is 58.1 Å². The molecule has 0 spiro atoms. The van der Waals surface area contributed by atoms with Crippen LogP contribution in [0.3, 0.4) is 0 Å². The van der Waals surface area contributed by atoms with Crippen molar-refractivity contribution < 1.29 is 14.3 Å². The highest BCUT2D eigenvalue weighted by Gasteiger charge is 2.16. The van der Waals surface area contributed by atoms with Crippen LogP contribution in [0, 0.1) is 5.82 Å². The van der Waals surface area contributed by atoms with Gasteiger partial charge >= 0.3 is 5.97 Å². The number of aromatic nitrogens is 3. The van der Waals surface area contributed by atoms with E-state index in [1.54, 1.807) is 0 Å². The molecule has 0 unspecified atom stereocenters. The maximum Gasteiger partial charge on any atom is 0.335 e. The van der Waals surface area contributed by atoms with Crippen LogP contribution in [0.4, 0.5) is 4.39 Å². The Labute approximate surface area is 139 Å². The molecule has 0 aliphatic carbocycles. The number of nitrogens with zero attached hydrogens (tertiary/aromatic N) is 2. The number of pyridine rings is 1. The first kappa shape index (κ1) is 15.5. The molecule has 23 heavy (non-hydrogen) atoms. The van der Waals surface area contributed by atoms with Crippen LogP contribution >= 0.6 is 23.2 Å². The van der Waals surface area contributed by atoms with E-state index in [4.69, 9.17) is 28.3 Å². The van der Waals surface area contributed by atoms with Crippen molar-refractivity contribution in [1.29, 1.82) is 0 Å². The predicted molar refractivity (Wildman–Crippen MR) is 84.2 cm³/mol. The van der Waals surface area contributed by atoms with Crippen molar-refractivity contribution in [1.82, 2.24) is 15.0 Å². The van der Waals surface area contributed by atoms with E-state index in [0.29, 0.717) is 22.8 Å². The SMILES string of the molecule is O=C(O)c1ccc(-c2nc(-c3ccc(F)cn3)[nH]c2Cl)c(Cl)c1. The second-order valence-corrected chi connectivity index (χ2v) is 5.39. The lowest BCUT2D eigenvalue weighted by molar-refractivity contribution is 0.0697. The fourth-order valence-electron chi connectivity index (χ4n) is 2.01. The molecule has 0 amide bonds. The van der Waals surface area contributed by atoms with Crippen molar-refractivity contribution in [2.24, 2.45) is 0 Å². The Morgan fingerprint density at radius 2 is 2.00 bits per heavy atom. The van der Waals surface area contributed by atoms with Crippen LogP contribution < -0.4 is 0 Å². The summed E-state index contributed by atoms with van der Waals surface area (Å²) in [6, 6.07) is 6.97. The third kappa shape index (κ3) is 3.04. The molecule has 3 aromatic rings. The number of rotatable bonds is 3. The largest absolute Gasteiger partial charge is 0.478 e. The Bertz CT molecular complexity index is 894. The number of nitrogens with one attached hydrogen (secondary N) is 1. The van der Waals surface area contributed by atoms with Crippen LogP contribution in [0.25, 0.3) is 22.8 Å². The van der Waals surface area contributed by atoms with E-state index in [1.165, 1.54) is 30.3 Å². The van der Waals surface area contributed by atoms with Gasteiger partial charge in [-0.3, -0.25) is 0 Å². The zero-order valence-corrected chi connectivity index (χ0v) is 12.9. The Morgan fingerprint density at radius 3 is 2.61 bits per heavy atom. The summed E-state index contributed by atoms with van der Waals surface area (Å²) in [6.45, 7) is 0. The highest BCUT2D eigenvalue weighted by Crippen LogP contribution is 2.33. The molecule has 0 aliphatic rings. The minimum atomic E-state index is -1.08.